The van der Waals surface area contributed by atoms with Gasteiger partial charge in [-0.2, -0.15) is 0 Å². The zero-order valence-corrected chi connectivity index (χ0v) is 24.3. The van der Waals surface area contributed by atoms with Gasteiger partial charge in [-0.05, 0) is 61.4 Å². The number of hydrogen-bond donors (Lipinski definition) is 1. The van der Waals surface area contributed by atoms with Crippen molar-refractivity contribution >= 4 is 39.1 Å². The first-order valence-corrected chi connectivity index (χ1v) is 14.9. The number of nitrogens with one attached hydrogen (secondary N) is 1. The minimum atomic E-state index is -3.59. The van der Waals surface area contributed by atoms with Gasteiger partial charge >= 0.3 is 0 Å². The van der Waals surface area contributed by atoms with E-state index < -0.39 is 16.1 Å². The monoisotopic (exact) mass is 549 g/mol. The molecule has 7 nitrogen and oxygen atoms in total. The summed E-state index contributed by atoms with van der Waals surface area (Å²) < 4.78 is 26.5. The van der Waals surface area contributed by atoms with E-state index in [1.165, 1.54) is 4.31 Å². The Morgan fingerprint density at radius 2 is 1.73 bits per heavy atom. The number of anilines is 1. The molecule has 0 unspecified atom stereocenters. The molecular weight excluding hydrogens is 510 g/mol. The second-order valence-electron chi connectivity index (χ2n) is 9.88. The van der Waals surface area contributed by atoms with Crippen molar-refractivity contribution in [3.05, 3.63) is 64.2 Å². The van der Waals surface area contributed by atoms with Gasteiger partial charge in [0.2, 0.25) is 21.8 Å². The molecule has 2 aromatic rings. The van der Waals surface area contributed by atoms with Crippen molar-refractivity contribution in [2.75, 3.05) is 23.7 Å². The van der Waals surface area contributed by atoms with Crippen molar-refractivity contribution in [2.45, 2.75) is 66.5 Å². The lowest BCUT2D eigenvalue weighted by atomic mass is 10.0. The molecule has 1 atom stereocenters. The quantitative estimate of drug-likeness (QED) is 0.377. The lowest BCUT2D eigenvalue weighted by molar-refractivity contribution is -0.141. The molecule has 204 valence electrons. The van der Waals surface area contributed by atoms with Crippen LogP contribution in [0, 0.1) is 19.8 Å². The van der Waals surface area contributed by atoms with E-state index in [-0.39, 0.29) is 24.8 Å². The normalized spacial score (nSPS) is 12.3. The maximum absolute atomic E-state index is 13.5. The Balaban J connectivity index is 2.25. The van der Waals surface area contributed by atoms with Crippen molar-refractivity contribution in [3.63, 3.8) is 0 Å². The van der Waals surface area contributed by atoms with E-state index >= 15 is 0 Å². The van der Waals surface area contributed by atoms with Crippen molar-refractivity contribution in [3.8, 4) is 0 Å². The zero-order chi connectivity index (χ0) is 27.8. The number of aryl methyl sites for hydroxylation is 2. The van der Waals surface area contributed by atoms with Crippen molar-refractivity contribution in [2.24, 2.45) is 5.92 Å². The molecule has 0 saturated carbocycles. The van der Waals surface area contributed by atoms with Gasteiger partial charge in [0.25, 0.3) is 0 Å². The largest absolute Gasteiger partial charge is 0.354 e. The molecule has 0 aliphatic carbocycles. The Morgan fingerprint density at radius 3 is 2.32 bits per heavy atom. The highest BCUT2D eigenvalue weighted by Gasteiger charge is 2.29. The Morgan fingerprint density at radius 1 is 1.05 bits per heavy atom. The number of halogens is 1. The molecule has 2 aromatic carbocycles. The standard InChI is InChI=1S/C28H40ClN3O4S/c1-7-25(28(34)30-18-20(2)3)31(19-23-12-9-8-11-21(23)4)27(33)13-10-16-32(37(6,35)36)26-17-24(29)15-14-22(26)5/h8-9,11-12,14-15,17,20,25H,7,10,13,16,18-19H2,1-6H3,(H,30,34)/t25-/m1/s1. The van der Waals surface area contributed by atoms with Gasteiger partial charge in [-0.1, -0.05) is 62.7 Å². The lowest BCUT2D eigenvalue weighted by Gasteiger charge is -2.32. The molecule has 0 radical (unpaired) electrons. The number of nitrogens with zero attached hydrogens (tertiary/aromatic N) is 2. The SMILES string of the molecule is CC[C@H](C(=O)NCC(C)C)N(Cc1ccccc1C)C(=O)CCCN(c1cc(Cl)ccc1C)S(C)(=O)=O. The van der Waals surface area contributed by atoms with Crippen LogP contribution in [0.1, 0.15) is 56.7 Å². The first-order chi connectivity index (χ1) is 17.3. The minimum Gasteiger partial charge on any atom is -0.354 e. The van der Waals surface area contributed by atoms with Crippen LogP contribution in [0.25, 0.3) is 0 Å². The van der Waals surface area contributed by atoms with Gasteiger partial charge in [-0.3, -0.25) is 13.9 Å². The smallest absolute Gasteiger partial charge is 0.242 e. The molecular formula is C28H40ClN3O4S. The van der Waals surface area contributed by atoms with Gasteiger partial charge in [-0.25, -0.2) is 8.42 Å². The Labute approximate surface area is 227 Å². The molecule has 1 N–H and O–H groups in total. The second kappa shape index (κ2) is 13.8. The first kappa shape index (κ1) is 30.6. The second-order valence-corrected chi connectivity index (χ2v) is 12.2. The van der Waals surface area contributed by atoms with Gasteiger partial charge in [0.1, 0.15) is 6.04 Å². The summed E-state index contributed by atoms with van der Waals surface area (Å²) in [5.41, 5.74) is 3.28. The molecule has 0 aliphatic heterocycles. The van der Waals surface area contributed by atoms with Crippen LogP contribution >= 0.6 is 11.6 Å². The van der Waals surface area contributed by atoms with Crippen LogP contribution < -0.4 is 9.62 Å². The van der Waals surface area contributed by atoms with Gasteiger partial charge in [0.05, 0.1) is 11.9 Å². The highest BCUT2D eigenvalue weighted by Crippen LogP contribution is 2.27. The fraction of sp³-hybridized carbons (Fsp3) is 0.500. The predicted molar refractivity (Wildman–Crippen MR) is 151 cm³/mol. The zero-order valence-electron chi connectivity index (χ0n) is 22.8. The van der Waals surface area contributed by atoms with Crippen LogP contribution in [0.5, 0.6) is 0 Å². The molecule has 2 amide bonds. The van der Waals surface area contributed by atoms with Crippen LogP contribution in [-0.2, 0) is 26.2 Å². The molecule has 0 saturated heterocycles. The summed E-state index contributed by atoms with van der Waals surface area (Å²) in [5, 5.41) is 3.40. The molecule has 0 heterocycles. The van der Waals surface area contributed by atoms with Crippen molar-refractivity contribution in [1.82, 2.24) is 10.2 Å². The molecule has 0 aliphatic rings. The third-order valence-corrected chi connectivity index (χ3v) is 7.68. The van der Waals surface area contributed by atoms with Gasteiger partial charge in [0.15, 0.2) is 0 Å². The molecule has 2 rings (SSSR count). The van der Waals surface area contributed by atoms with E-state index in [1.54, 1.807) is 23.1 Å². The van der Waals surface area contributed by atoms with E-state index in [2.05, 4.69) is 5.32 Å². The average Bonchev–Trinajstić information content (AvgIpc) is 2.82. The Bertz CT molecular complexity index is 1180. The summed E-state index contributed by atoms with van der Waals surface area (Å²) in [4.78, 5) is 28.2. The summed E-state index contributed by atoms with van der Waals surface area (Å²) in [6.45, 7) is 10.7. The first-order valence-electron chi connectivity index (χ1n) is 12.7. The summed E-state index contributed by atoms with van der Waals surface area (Å²) in [6.07, 6.45) is 2.02. The van der Waals surface area contributed by atoms with Crippen LogP contribution in [0.2, 0.25) is 5.02 Å². The number of carbonyl (C=O) groups is 2. The highest BCUT2D eigenvalue weighted by atomic mass is 35.5. The summed E-state index contributed by atoms with van der Waals surface area (Å²) in [6, 6.07) is 12.3. The van der Waals surface area contributed by atoms with Crippen molar-refractivity contribution in [1.29, 1.82) is 0 Å². The highest BCUT2D eigenvalue weighted by molar-refractivity contribution is 7.92. The number of hydrogen-bond acceptors (Lipinski definition) is 4. The summed E-state index contributed by atoms with van der Waals surface area (Å²) >= 11 is 6.13. The molecule has 0 aromatic heterocycles. The number of carbonyl (C=O) groups excluding carboxylic acids is 2. The van der Waals surface area contributed by atoms with E-state index in [0.717, 1.165) is 22.9 Å². The lowest BCUT2D eigenvalue weighted by Crippen LogP contribution is -2.49. The summed E-state index contributed by atoms with van der Waals surface area (Å²) in [7, 11) is -3.59. The maximum atomic E-state index is 13.5. The van der Waals surface area contributed by atoms with Gasteiger partial charge in [0, 0.05) is 31.1 Å². The average molecular weight is 550 g/mol. The van der Waals surface area contributed by atoms with Gasteiger partial charge < -0.3 is 10.2 Å². The minimum absolute atomic E-state index is 0.103. The molecule has 0 bridgehead atoms. The molecule has 9 heteroatoms. The van der Waals surface area contributed by atoms with E-state index in [9.17, 15) is 18.0 Å². The number of rotatable bonds is 13. The molecule has 37 heavy (non-hydrogen) atoms. The Hall–Kier alpha value is -2.58. The number of amides is 2. The summed E-state index contributed by atoms with van der Waals surface area (Å²) in [5.74, 6) is -0.0737. The van der Waals surface area contributed by atoms with Crippen molar-refractivity contribution < 1.29 is 18.0 Å². The molecule has 0 spiro atoms. The van der Waals surface area contributed by atoms with E-state index in [0.29, 0.717) is 42.6 Å². The topological polar surface area (TPSA) is 86.8 Å². The maximum Gasteiger partial charge on any atom is 0.242 e. The number of benzene rings is 2. The fourth-order valence-electron chi connectivity index (χ4n) is 4.15. The van der Waals surface area contributed by atoms with Crippen LogP contribution in [0.4, 0.5) is 5.69 Å². The van der Waals surface area contributed by atoms with E-state index in [1.807, 2.05) is 58.9 Å². The predicted octanol–water partition coefficient (Wildman–Crippen LogP) is 5.08. The fourth-order valence-corrected chi connectivity index (χ4v) is 5.33. The Kier molecular flexibility index (Phi) is 11.4. The third-order valence-electron chi connectivity index (χ3n) is 6.26. The van der Waals surface area contributed by atoms with Crippen LogP contribution in [-0.4, -0.2) is 50.5 Å². The third kappa shape index (κ3) is 9.04. The molecule has 0 fully saturated rings. The number of sulfonamides is 1. The van der Waals surface area contributed by atoms with Crippen LogP contribution in [0.3, 0.4) is 0 Å². The van der Waals surface area contributed by atoms with E-state index in [4.69, 9.17) is 11.6 Å². The van der Waals surface area contributed by atoms with Crippen LogP contribution in [0.15, 0.2) is 42.5 Å². The van der Waals surface area contributed by atoms with Gasteiger partial charge in [-0.15, -0.1) is 0 Å².